The van der Waals surface area contributed by atoms with E-state index < -0.39 is 0 Å². The Morgan fingerprint density at radius 2 is 2.08 bits per heavy atom. The Balaban J connectivity index is 3.31. The summed E-state index contributed by atoms with van der Waals surface area (Å²) >= 11 is 5.73. The van der Waals surface area contributed by atoms with Crippen LogP contribution in [0.2, 0.25) is 5.15 Å². The second-order valence-corrected chi connectivity index (χ2v) is 3.38. The highest BCUT2D eigenvalue weighted by Gasteiger charge is 2.07. The molecule has 0 saturated carbocycles. The van der Waals surface area contributed by atoms with Gasteiger partial charge in [-0.3, -0.25) is 4.79 Å². The van der Waals surface area contributed by atoms with Crippen molar-refractivity contribution in [3.63, 3.8) is 0 Å². The highest BCUT2D eigenvalue weighted by Crippen LogP contribution is 2.11. The molecule has 12 heavy (non-hydrogen) atoms. The van der Waals surface area contributed by atoms with Crippen LogP contribution in [0.4, 0.5) is 0 Å². The van der Waals surface area contributed by atoms with Gasteiger partial charge in [0.15, 0.2) is 0 Å². The molecular formula is C8H11ClN2O. The van der Waals surface area contributed by atoms with Crippen molar-refractivity contribution in [1.82, 2.24) is 9.97 Å². The highest BCUT2D eigenvalue weighted by atomic mass is 35.5. The predicted molar refractivity (Wildman–Crippen MR) is 48.7 cm³/mol. The van der Waals surface area contributed by atoms with Crippen molar-refractivity contribution in [3.8, 4) is 0 Å². The van der Waals surface area contributed by atoms with Gasteiger partial charge in [0.2, 0.25) is 0 Å². The lowest BCUT2D eigenvalue weighted by atomic mass is 10.2. The summed E-state index contributed by atoms with van der Waals surface area (Å²) in [4.78, 5) is 17.9. The lowest BCUT2D eigenvalue weighted by Crippen LogP contribution is -2.15. The molecule has 0 bridgehead atoms. The van der Waals surface area contributed by atoms with Crippen LogP contribution in [0.3, 0.4) is 0 Å². The van der Waals surface area contributed by atoms with Crippen LogP contribution in [-0.2, 0) is 0 Å². The molecule has 3 nitrogen and oxygen atoms in total. The number of halogens is 1. The first-order valence-corrected chi connectivity index (χ1v) is 4.16. The van der Waals surface area contributed by atoms with E-state index in [1.54, 1.807) is 6.92 Å². The van der Waals surface area contributed by atoms with E-state index in [2.05, 4.69) is 9.97 Å². The fourth-order valence-corrected chi connectivity index (χ4v) is 0.972. The van der Waals surface area contributed by atoms with Crippen molar-refractivity contribution >= 4 is 11.6 Å². The standard InChI is InChI=1S/C8H11ClN2O/c1-4(2)7-10-6(9)5(3)8(12)11-7/h4H,1-3H3,(H,10,11,12). The van der Waals surface area contributed by atoms with E-state index in [1.807, 2.05) is 13.8 Å². The number of aromatic nitrogens is 2. The zero-order valence-electron chi connectivity index (χ0n) is 7.31. The quantitative estimate of drug-likeness (QED) is 0.681. The monoisotopic (exact) mass is 186 g/mol. The van der Waals surface area contributed by atoms with Crippen molar-refractivity contribution in [1.29, 1.82) is 0 Å². The highest BCUT2D eigenvalue weighted by molar-refractivity contribution is 6.30. The first kappa shape index (κ1) is 9.26. The largest absolute Gasteiger partial charge is 0.310 e. The molecule has 1 N–H and O–H groups in total. The number of hydrogen-bond donors (Lipinski definition) is 1. The molecule has 0 fully saturated rings. The summed E-state index contributed by atoms with van der Waals surface area (Å²) in [5.41, 5.74) is 0.319. The molecule has 0 unspecified atom stereocenters. The Bertz CT molecular complexity index is 343. The van der Waals surface area contributed by atoms with E-state index >= 15 is 0 Å². The minimum atomic E-state index is -0.154. The zero-order chi connectivity index (χ0) is 9.30. The average molecular weight is 187 g/mol. The predicted octanol–water partition coefficient (Wildman–Crippen LogP) is 1.86. The average Bonchev–Trinajstić information content (AvgIpc) is 1.99. The third-order valence-electron chi connectivity index (χ3n) is 1.66. The SMILES string of the molecule is Cc1c(Cl)nc(C(C)C)[nH]c1=O. The first-order chi connectivity index (χ1) is 5.52. The van der Waals surface area contributed by atoms with Gasteiger partial charge in [-0.25, -0.2) is 4.98 Å². The van der Waals surface area contributed by atoms with Gasteiger partial charge in [-0.15, -0.1) is 0 Å². The molecule has 0 atom stereocenters. The van der Waals surface area contributed by atoms with Crippen molar-refractivity contribution in [2.24, 2.45) is 0 Å². The van der Waals surface area contributed by atoms with Gasteiger partial charge < -0.3 is 4.98 Å². The second kappa shape index (κ2) is 3.27. The van der Waals surface area contributed by atoms with Gasteiger partial charge in [-0.05, 0) is 6.92 Å². The Hall–Kier alpha value is -0.830. The number of nitrogens with one attached hydrogen (secondary N) is 1. The van der Waals surface area contributed by atoms with E-state index in [0.29, 0.717) is 16.5 Å². The normalized spacial score (nSPS) is 10.8. The van der Waals surface area contributed by atoms with Gasteiger partial charge in [0.05, 0.1) is 5.56 Å². The number of aromatic amines is 1. The fraction of sp³-hybridized carbons (Fsp3) is 0.500. The minimum absolute atomic E-state index is 0.154. The summed E-state index contributed by atoms with van der Waals surface area (Å²) in [7, 11) is 0. The van der Waals surface area contributed by atoms with Crippen molar-refractivity contribution in [2.75, 3.05) is 0 Å². The third-order valence-corrected chi connectivity index (χ3v) is 2.03. The smallest absolute Gasteiger partial charge is 0.255 e. The Labute approximate surface area is 75.8 Å². The molecule has 4 heteroatoms. The van der Waals surface area contributed by atoms with E-state index in [9.17, 15) is 4.79 Å². The molecule has 0 spiro atoms. The van der Waals surface area contributed by atoms with Gasteiger partial charge in [0.25, 0.3) is 5.56 Å². The lowest BCUT2D eigenvalue weighted by molar-refractivity contribution is 0.762. The van der Waals surface area contributed by atoms with E-state index in [-0.39, 0.29) is 11.5 Å². The topological polar surface area (TPSA) is 45.8 Å². The second-order valence-electron chi connectivity index (χ2n) is 3.02. The van der Waals surface area contributed by atoms with Crippen LogP contribution in [0, 0.1) is 6.92 Å². The van der Waals surface area contributed by atoms with Crippen molar-refractivity contribution in [2.45, 2.75) is 26.7 Å². The summed E-state index contributed by atoms with van der Waals surface area (Å²) in [6.45, 7) is 5.55. The van der Waals surface area contributed by atoms with Crippen LogP contribution in [-0.4, -0.2) is 9.97 Å². The maximum absolute atomic E-state index is 11.2. The summed E-state index contributed by atoms with van der Waals surface area (Å²) in [6, 6.07) is 0. The van der Waals surface area contributed by atoms with E-state index in [4.69, 9.17) is 11.6 Å². The van der Waals surface area contributed by atoms with Gasteiger partial charge in [0, 0.05) is 5.92 Å². The number of nitrogens with zero attached hydrogens (tertiary/aromatic N) is 1. The van der Waals surface area contributed by atoms with E-state index in [1.165, 1.54) is 0 Å². The first-order valence-electron chi connectivity index (χ1n) is 3.78. The molecule has 0 aliphatic carbocycles. The molecule has 0 aliphatic heterocycles. The molecule has 0 aromatic carbocycles. The van der Waals surface area contributed by atoms with Gasteiger partial charge in [-0.1, -0.05) is 25.4 Å². The Morgan fingerprint density at radius 3 is 2.50 bits per heavy atom. The van der Waals surface area contributed by atoms with E-state index in [0.717, 1.165) is 0 Å². The molecular weight excluding hydrogens is 176 g/mol. The van der Waals surface area contributed by atoms with Gasteiger partial charge in [0.1, 0.15) is 11.0 Å². The van der Waals surface area contributed by atoms with Crippen LogP contribution in [0.1, 0.15) is 31.2 Å². The van der Waals surface area contributed by atoms with Crippen LogP contribution in [0.25, 0.3) is 0 Å². The molecule has 66 valence electrons. The Morgan fingerprint density at radius 1 is 1.50 bits per heavy atom. The fourth-order valence-electron chi connectivity index (χ4n) is 0.795. The molecule has 0 radical (unpaired) electrons. The Kier molecular flexibility index (Phi) is 2.52. The van der Waals surface area contributed by atoms with Crippen molar-refractivity contribution < 1.29 is 0 Å². The minimum Gasteiger partial charge on any atom is -0.310 e. The maximum Gasteiger partial charge on any atom is 0.255 e. The number of H-pyrrole nitrogens is 1. The molecule has 0 amide bonds. The summed E-state index contributed by atoms with van der Waals surface area (Å²) < 4.78 is 0. The number of hydrogen-bond acceptors (Lipinski definition) is 2. The van der Waals surface area contributed by atoms with Crippen LogP contribution < -0.4 is 5.56 Å². The van der Waals surface area contributed by atoms with Crippen LogP contribution in [0.5, 0.6) is 0 Å². The molecule has 0 aliphatic rings. The molecule has 1 heterocycles. The molecule has 1 aromatic rings. The molecule has 1 aromatic heterocycles. The summed E-state index contributed by atoms with van der Waals surface area (Å²) in [6.07, 6.45) is 0. The number of rotatable bonds is 1. The van der Waals surface area contributed by atoms with Gasteiger partial charge >= 0.3 is 0 Å². The molecule has 0 saturated heterocycles. The molecule has 1 rings (SSSR count). The van der Waals surface area contributed by atoms with Crippen molar-refractivity contribution in [3.05, 3.63) is 26.9 Å². The summed E-state index contributed by atoms with van der Waals surface area (Å²) in [5.74, 6) is 0.825. The lowest BCUT2D eigenvalue weighted by Gasteiger charge is -2.04. The maximum atomic E-state index is 11.2. The third kappa shape index (κ3) is 1.67. The summed E-state index contributed by atoms with van der Waals surface area (Å²) in [5, 5.41) is 0.294. The van der Waals surface area contributed by atoms with Crippen LogP contribution >= 0.6 is 11.6 Å². The van der Waals surface area contributed by atoms with Crippen LogP contribution in [0.15, 0.2) is 4.79 Å². The zero-order valence-corrected chi connectivity index (χ0v) is 8.07. The van der Waals surface area contributed by atoms with Gasteiger partial charge in [-0.2, -0.15) is 0 Å².